The van der Waals surface area contributed by atoms with Crippen molar-refractivity contribution in [2.24, 2.45) is 0 Å². The lowest BCUT2D eigenvalue weighted by atomic mass is 10.2. The zero-order valence-electron chi connectivity index (χ0n) is 10.6. The van der Waals surface area contributed by atoms with Crippen molar-refractivity contribution in [2.45, 2.75) is 13.8 Å². The Bertz CT molecular complexity index is 621. The van der Waals surface area contributed by atoms with Gasteiger partial charge in [-0.25, -0.2) is 4.98 Å². The molecule has 0 saturated carbocycles. The molecule has 1 aromatic heterocycles. The normalized spacial score (nSPS) is 10.3. The van der Waals surface area contributed by atoms with E-state index in [2.05, 4.69) is 26.2 Å². The average molecular weight is 321 g/mol. The van der Waals surface area contributed by atoms with Crippen LogP contribution in [-0.2, 0) is 0 Å². The molecule has 0 aliphatic rings. The smallest absolute Gasteiger partial charge is 0.260 e. The summed E-state index contributed by atoms with van der Waals surface area (Å²) < 4.78 is 0.714. The highest BCUT2D eigenvalue weighted by Gasteiger charge is 2.12. The molecule has 0 radical (unpaired) electrons. The first kappa shape index (κ1) is 13.5. The first-order chi connectivity index (χ1) is 8.95. The van der Waals surface area contributed by atoms with Gasteiger partial charge in [-0.15, -0.1) is 0 Å². The standard InChI is InChI=1S/C14H13BrN2O2/c1-8-5-9(2)16-13(6-8)17-14(19)11-4-3-10(15)7-12(11)18/h3-7,18H,1-2H3,(H,16,17,19). The van der Waals surface area contributed by atoms with Crippen molar-refractivity contribution in [3.63, 3.8) is 0 Å². The van der Waals surface area contributed by atoms with Gasteiger partial charge in [0.25, 0.3) is 5.91 Å². The molecule has 0 spiro atoms. The first-order valence-corrected chi connectivity index (χ1v) is 6.50. The maximum Gasteiger partial charge on any atom is 0.260 e. The predicted octanol–water partition coefficient (Wildman–Crippen LogP) is 3.42. The quantitative estimate of drug-likeness (QED) is 0.891. The van der Waals surface area contributed by atoms with E-state index in [1.807, 2.05) is 19.9 Å². The number of rotatable bonds is 2. The van der Waals surface area contributed by atoms with Gasteiger partial charge in [0, 0.05) is 10.2 Å². The summed E-state index contributed by atoms with van der Waals surface area (Å²) in [7, 11) is 0. The van der Waals surface area contributed by atoms with Gasteiger partial charge in [0.1, 0.15) is 11.6 Å². The number of nitrogens with one attached hydrogen (secondary N) is 1. The SMILES string of the molecule is Cc1cc(C)nc(NC(=O)c2ccc(Br)cc2O)c1. The molecule has 1 aromatic carbocycles. The summed E-state index contributed by atoms with van der Waals surface area (Å²) in [4.78, 5) is 16.3. The molecule has 4 nitrogen and oxygen atoms in total. The highest BCUT2D eigenvalue weighted by Crippen LogP contribution is 2.23. The van der Waals surface area contributed by atoms with Crippen molar-refractivity contribution >= 4 is 27.7 Å². The molecule has 0 aliphatic heterocycles. The van der Waals surface area contributed by atoms with Crippen molar-refractivity contribution in [2.75, 3.05) is 5.32 Å². The number of carbonyl (C=O) groups excluding carboxylic acids is 1. The fraction of sp³-hybridized carbons (Fsp3) is 0.143. The van der Waals surface area contributed by atoms with E-state index >= 15 is 0 Å². The van der Waals surface area contributed by atoms with E-state index in [1.54, 1.807) is 18.2 Å². The lowest BCUT2D eigenvalue weighted by Crippen LogP contribution is -2.13. The molecule has 0 unspecified atom stereocenters. The largest absolute Gasteiger partial charge is 0.507 e. The van der Waals surface area contributed by atoms with Crippen LogP contribution in [0.2, 0.25) is 0 Å². The number of amides is 1. The minimum absolute atomic E-state index is 0.0729. The summed E-state index contributed by atoms with van der Waals surface area (Å²) in [5, 5.41) is 12.4. The van der Waals surface area contributed by atoms with E-state index in [-0.39, 0.29) is 17.2 Å². The monoisotopic (exact) mass is 320 g/mol. The number of phenolic OH excluding ortho intramolecular Hbond substituents is 1. The highest BCUT2D eigenvalue weighted by molar-refractivity contribution is 9.10. The number of aromatic nitrogens is 1. The van der Waals surface area contributed by atoms with Gasteiger partial charge < -0.3 is 10.4 Å². The number of anilines is 1. The van der Waals surface area contributed by atoms with Crippen molar-refractivity contribution in [3.8, 4) is 5.75 Å². The molecule has 98 valence electrons. The van der Waals surface area contributed by atoms with Crippen LogP contribution in [0.5, 0.6) is 5.75 Å². The van der Waals surface area contributed by atoms with Crippen LogP contribution in [0.1, 0.15) is 21.6 Å². The second kappa shape index (κ2) is 5.40. The average Bonchev–Trinajstić information content (AvgIpc) is 2.26. The third-order valence-electron chi connectivity index (χ3n) is 2.54. The van der Waals surface area contributed by atoms with Crippen LogP contribution in [0, 0.1) is 13.8 Å². The van der Waals surface area contributed by atoms with Gasteiger partial charge in [0.05, 0.1) is 5.56 Å². The molecular formula is C14H13BrN2O2. The van der Waals surface area contributed by atoms with Crippen molar-refractivity contribution < 1.29 is 9.90 Å². The van der Waals surface area contributed by atoms with Gasteiger partial charge in [-0.2, -0.15) is 0 Å². The minimum Gasteiger partial charge on any atom is -0.507 e. The van der Waals surface area contributed by atoms with Gasteiger partial charge in [0.15, 0.2) is 0 Å². The van der Waals surface area contributed by atoms with Crippen molar-refractivity contribution in [1.82, 2.24) is 4.98 Å². The number of aromatic hydroxyl groups is 1. The third kappa shape index (κ3) is 3.32. The summed E-state index contributed by atoms with van der Waals surface area (Å²) in [5.74, 6) is 0.0172. The summed E-state index contributed by atoms with van der Waals surface area (Å²) in [6, 6.07) is 8.43. The molecule has 0 fully saturated rings. The number of hydrogen-bond donors (Lipinski definition) is 2. The Morgan fingerprint density at radius 1 is 1.26 bits per heavy atom. The van der Waals surface area contributed by atoms with E-state index < -0.39 is 0 Å². The van der Waals surface area contributed by atoms with Crippen LogP contribution in [-0.4, -0.2) is 16.0 Å². The number of aryl methyl sites for hydroxylation is 2. The van der Waals surface area contributed by atoms with Gasteiger partial charge in [0.2, 0.25) is 0 Å². The number of phenols is 1. The Kier molecular flexibility index (Phi) is 3.85. The summed E-state index contributed by atoms with van der Waals surface area (Å²) in [6.45, 7) is 3.79. The fourth-order valence-corrected chi connectivity index (χ4v) is 2.13. The number of nitrogens with zero attached hydrogens (tertiary/aromatic N) is 1. The molecule has 5 heteroatoms. The topological polar surface area (TPSA) is 62.2 Å². The van der Waals surface area contributed by atoms with E-state index in [9.17, 15) is 9.90 Å². The van der Waals surface area contributed by atoms with Gasteiger partial charge in [-0.1, -0.05) is 15.9 Å². The molecule has 19 heavy (non-hydrogen) atoms. The predicted molar refractivity (Wildman–Crippen MR) is 77.5 cm³/mol. The zero-order valence-corrected chi connectivity index (χ0v) is 12.2. The first-order valence-electron chi connectivity index (χ1n) is 5.71. The summed E-state index contributed by atoms with van der Waals surface area (Å²) >= 11 is 3.23. The maximum absolute atomic E-state index is 12.0. The Labute approximate surface area is 119 Å². The number of halogens is 1. The van der Waals surface area contributed by atoms with Crippen LogP contribution in [0.15, 0.2) is 34.8 Å². The van der Waals surface area contributed by atoms with Gasteiger partial charge in [-0.3, -0.25) is 4.79 Å². The lowest BCUT2D eigenvalue weighted by Gasteiger charge is -2.08. The second-order valence-corrected chi connectivity index (χ2v) is 5.20. The van der Waals surface area contributed by atoms with Crippen LogP contribution in [0.25, 0.3) is 0 Å². The van der Waals surface area contributed by atoms with Crippen molar-refractivity contribution in [1.29, 1.82) is 0 Å². The van der Waals surface area contributed by atoms with Crippen LogP contribution in [0.4, 0.5) is 5.82 Å². The molecule has 2 rings (SSSR count). The van der Waals surface area contributed by atoms with Crippen LogP contribution in [0.3, 0.4) is 0 Å². The van der Waals surface area contributed by atoms with E-state index in [0.717, 1.165) is 11.3 Å². The highest BCUT2D eigenvalue weighted by atomic mass is 79.9. The van der Waals surface area contributed by atoms with E-state index in [1.165, 1.54) is 6.07 Å². The second-order valence-electron chi connectivity index (χ2n) is 4.29. The Morgan fingerprint density at radius 3 is 2.63 bits per heavy atom. The zero-order chi connectivity index (χ0) is 14.0. The van der Waals surface area contributed by atoms with E-state index in [0.29, 0.717) is 10.3 Å². The molecule has 0 aliphatic carbocycles. The molecule has 2 N–H and O–H groups in total. The number of hydrogen-bond acceptors (Lipinski definition) is 3. The number of carbonyl (C=O) groups is 1. The van der Waals surface area contributed by atoms with Gasteiger partial charge >= 0.3 is 0 Å². The Hall–Kier alpha value is -1.88. The summed E-state index contributed by atoms with van der Waals surface area (Å²) in [5.41, 5.74) is 2.06. The Morgan fingerprint density at radius 2 is 2.00 bits per heavy atom. The van der Waals surface area contributed by atoms with Gasteiger partial charge in [-0.05, 0) is 49.7 Å². The summed E-state index contributed by atoms with van der Waals surface area (Å²) in [6.07, 6.45) is 0. The number of pyridine rings is 1. The molecule has 1 amide bonds. The maximum atomic E-state index is 12.0. The molecule has 0 bridgehead atoms. The lowest BCUT2D eigenvalue weighted by molar-refractivity contribution is 0.102. The van der Waals surface area contributed by atoms with Crippen molar-refractivity contribution in [3.05, 3.63) is 51.6 Å². The fourth-order valence-electron chi connectivity index (χ4n) is 1.79. The number of benzene rings is 1. The minimum atomic E-state index is -0.387. The van der Waals surface area contributed by atoms with Crippen LogP contribution >= 0.6 is 15.9 Å². The third-order valence-corrected chi connectivity index (χ3v) is 3.04. The molecule has 0 atom stereocenters. The molecule has 2 aromatic rings. The molecule has 0 saturated heterocycles. The molecule has 1 heterocycles. The van der Waals surface area contributed by atoms with Crippen LogP contribution < -0.4 is 5.32 Å². The Balaban J connectivity index is 2.25. The molecular weight excluding hydrogens is 308 g/mol. The van der Waals surface area contributed by atoms with E-state index in [4.69, 9.17) is 0 Å².